The number of ether oxygens (including phenoxy) is 1. The van der Waals surface area contributed by atoms with E-state index >= 15 is 0 Å². The lowest BCUT2D eigenvalue weighted by Gasteiger charge is -2.36. The van der Waals surface area contributed by atoms with Gasteiger partial charge in [-0.05, 0) is 25.0 Å². The Morgan fingerprint density at radius 1 is 1.06 bits per heavy atom. The molecule has 0 aliphatic carbocycles. The second-order valence-electron chi connectivity index (χ2n) is 8.45. The number of hydrogen-bond acceptors (Lipinski definition) is 7. The van der Waals surface area contributed by atoms with Gasteiger partial charge in [0, 0.05) is 57.1 Å². The summed E-state index contributed by atoms with van der Waals surface area (Å²) in [4.78, 5) is 21.3. The molecule has 0 aromatic carbocycles. The minimum Gasteiger partial charge on any atom is -0.494 e. The molecule has 33 heavy (non-hydrogen) atoms. The van der Waals surface area contributed by atoms with E-state index in [0.29, 0.717) is 6.54 Å². The third-order valence-electron chi connectivity index (χ3n) is 5.89. The van der Waals surface area contributed by atoms with Crippen molar-refractivity contribution in [3.05, 3.63) is 48.7 Å². The third kappa shape index (κ3) is 7.82. The summed E-state index contributed by atoms with van der Waals surface area (Å²) in [5.41, 5.74) is 0. The van der Waals surface area contributed by atoms with Crippen molar-refractivity contribution in [2.24, 2.45) is 0 Å². The monoisotopic (exact) mass is 456 g/mol. The van der Waals surface area contributed by atoms with Crippen LogP contribution in [0.15, 0.2) is 48.7 Å². The zero-order chi connectivity index (χ0) is 23.5. The number of aromatic nitrogens is 2. The van der Waals surface area contributed by atoms with Crippen molar-refractivity contribution in [2.75, 3.05) is 37.6 Å². The van der Waals surface area contributed by atoms with Crippen molar-refractivity contribution in [2.45, 2.75) is 51.7 Å². The molecule has 2 N–H and O–H groups in total. The van der Waals surface area contributed by atoms with Crippen molar-refractivity contribution >= 4 is 11.8 Å². The summed E-state index contributed by atoms with van der Waals surface area (Å²) in [6.07, 6.45) is 10.1. The quantitative estimate of drug-likeness (QED) is 0.287. The lowest BCUT2D eigenvalue weighted by atomic mass is 10.1. The van der Waals surface area contributed by atoms with E-state index in [1.165, 1.54) is 35.6 Å². The standard InChI is InChI=1S/C25H36N4O4/c1-2-3-4-5-6-7-11-25(32)33-21(20-29-23(30)12-13-24(29)31)19-27-15-17-28(18-16-27)22-10-8-9-14-26-22/h7-14,21,30-31H,2-6,15-20H2,1H3. The first-order valence-corrected chi connectivity index (χ1v) is 11.9. The smallest absolute Gasteiger partial charge is 0.330 e. The summed E-state index contributed by atoms with van der Waals surface area (Å²) < 4.78 is 7.10. The van der Waals surface area contributed by atoms with Crippen molar-refractivity contribution in [3.8, 4) is 11.8 Å². The van der Waals surface area contributed by atoms with E-state index < -0.39 is 12.1 Å². The molecule has 3 heterocycles. The third-order valence-corrected chi connectivity index (χ3v) is 5.89. The fourth-order valence-electron chi connectivity index (χ4n) is 4.03. The van der Waals surface area contributed by atoms with Gasteiger partial charge in [-0.15, -0.1) is 0 Å². The second kappa shape index (κ2) is 12.9. The van der Waals surface area contributed by atoms with Crippen LogP contribution in [0.3, 0.4) is 0 Å². The van der Waals surface area contributed by atoms with Crippen molar-refractivity contribution in [3.63, 3.8) is 0 Å². The Bertz CT molecular complexity index is 856. The van der Waals surface area contributed by atoms with Crippen LogP contribution < -0.4 is 4.90 Å². The van der Waals surface area contributed by atoms with Gasteiger partial charge in [0.25, 0.3) is 0 Å². The molecule has 1 aliphatic heterocycles. The average molecular weight is 457 g/mol. The molecule has 180 valence electrons. The van der Waals surface area contributed by atoms with Crippen LogP contribution in [0.4, 0.5) is 5.82 Å². The number of pyridine rings is 1. The predicted octanol–water partition coefficient (Wildman–Crippen LogP) is 3.55. The molecule has 1 aliphatic rings. The zero-order valence-corrected chi connectivity index (χ0v) is 19.5. The van der Waals surface area contributed by atoms with Gasteiger partial charge in [-0.3, -0.25) is 9.47 Å². The SMILES string of the molecule is CCCCCCC=CC(=O)OC(CN1CCN(c2ccccn2)CC1)Cn1c(O)ccc1O. The summed E-state index contributed by atoms with van der Waals surface area (Å²) >= 11 is 0. The van der Waals surface area contributed by atoms with Gasteiger partial charge in [0.2, 0.25) is 0 Å². The molecule has 2 aromatic heterocycles. The van der Waals surface area contributed by atoms with Crippen molar-refractivity contribution < 1.29 is 19.7 Å². The number of anilines is 1. The van der Waals surface area contributed by atoms with Crippen LogP contribution >= 0.6 is 0 Å². The number of allylic oxidation sites excluding steroid dienone is 1. The fraction of sp³-hybridized carbons (Fsp3) is 0.520. The van der Waals surface area contributed by atoms with Crippen LogP contribution in [0.25, 0.3) is 0 Å². The fourth-order valence-corrected chi connectivity index (χ4v) is 4.03. The summed E-state index contributed by atoms with van der Waals surface area (Å²) in [6.45, 7) is 6.14. The van der Waals surface area contributed by atoms with Gasteiger partial charge in [0.1, 0.15) is 11.9 Å². The molecule has 8 nitrogen and oxygen atoms in total. The summed E-state index contributed by atoms with van der Waals surface area (Å²) in [5.74, 6) is 0.458. The molecule has 8 heteroatoms. The number of carbonyl (C=O) groups excluding carboxylic acids is 1. The second-order valence-corrected chi connectivity index (χ2v) is 8.45. The van der Waals surface area contributed by atoms with Crippen LogP contribution in [0.5, 0.6) is 11.8 Å². The summed E-state index contributed by atoms with van der Waals surface area (Å²) in [7, 11) is 0. The molecule has 0 saturated carbocycles. The van der Waals surface area contributed by atoms with Gasteiger partial charge < -0.3 is 19.8 Å². The molecule has 1 saturated heterocycles. The Hall–Kier alpha value is -3.00. The number of nitrogens with zero attached hydrogens (tertiary/aromatic N) is 4. The highest BCUT2D eigenvalue weighted by Crippen LogP contribution is 2.22. The number of hydrogen-bond donors (Lipinski definition) is 2. The highest BCUT2D eigenvalue weighted by Gasteiger charge is 2.24. The van der Waals surface area contributed by atoms with Gasteiger partial charge in [-0.25, -0.2) is 9.78 Å². The van der Waals surface area contributed by atoms with Gasteiger partial charge in [0.15, 0.2) is 11.8 Å². The largest absolute Gasteiger partial charge is 0.494 e. The van der Waals surface area contributed by atoms with Gasteiger partial charge in [-0.2, -0.15) is 0 Å². The van der Waals surface area contributed by atoms with Gasteiger partial charge in [0.05, 0.1) is 6.54 Å². The number of piperazine rings is 1. The van der Waals surface area contributed by atoms with E-state index in [2.05, 4.69) is 21.7 Å². The van der Waals surface area contributed by atoms with Crippen LogP contribution in [-0.2, 0) is 16.1 Å². The zero-order valence-electron chi connectivity index (χ0n) is 19.5. The van der Waals surface area contributed by atoms with Crippen LogP contribution in [0, 0.1) is 0 Å². The topological polar surface area (TPSA) is 91.1 Å². The molecule has 0 bridgehead atoms. The minimum atomic E-state index is -0.507. The molecule has 1 atom stereocenters. The van der Waals surface area contributed by atoms with E-state index in [4.69, 9.17) is 4.74 Å². The number of unbranched alkanes of at least 4 members (excludes halogenated alkanes) is 4. The van der Waals surface area contributed by atoms with E-state index in [9.17, 15) is 15.0 Å². The van der Waals surface area contributed by atoms with Crippen LogP contribution in [-0.4, -0.2) is 69.5 Å². The molecular formula is C25H36N4O4. The lowest BCUT2D eigenvalue weighted by Crippen LogP contribution is -2.49. The minimum absolute atomic E-state index is 0.0556. The maximum absolute atomic E-state index is 12.4. The Kier molecular flexibility index (Phi) is 9.62. The van der Waals surface area contributed by atoms with Crippen molar-refractivity contribution in [1.29, 1.82) is 0 Å². The first kappa shape index (κ1) is 24.6. The van der Waals surface area contributed by atoms with Gasteiger partial charge in [-0.1, -0.05) is 38.3 Å². The van der Waals surface area contributed by atoms with Gasteiger partial charge >= 0.3 is 5.97 Å². The van der Waals surface area contributed by atoms with E-state index in [1.807, 2.05) is 24.3 Å². The Balaban J connectivity index is 1.55. The van der Waals surface area contributed by atoms with E-state index in [0.717, 1.165) is 51.3 Å². The van der Waals surface area contributed by atoms with E-state index in [-0.39, 0.29) is 18.3 Å². The molecular weight excluding hydrogens is 420 g/mol. The first-order chi connectivity index (χ1) is 16.1. The molecule has 3 rings (SSSR count). The highest BCUT2D eigenvalue weighted by atomic mass is 16.5. The molecule has 0 amide bonds. The molecule has 1 unspecified atom stereocenters. The normalized spacial score (nSPS) is 15.7. The Labute approximate surface area is 196 Å². The maximum atomic E-state index is 12.4. The maximum Gasteiger partial charge on any atom is 0.330 e. The number of esters is 1. The summed E-state index contributed by atoms with van der Waals surface area (Å²) in [5, 5.41) is 20.1. The molecule has 1 fully saturated rings. The molecule has 0 spiro atoms. The molecule has 0 radical (unpaired) electrons. The number of aromatic hydroxyl groups is 2. The Morgan fingerprint density at radius 2 is 1.82 bits per heavy atom. The predicted molar refractivity (Wildman–Crippen MR) is 128 cm³/mol. The highest BCUT2D eigenvalue weighted by molar-refractivity contribution is 5.82. The average Bonchev–Trinajstić information content (AvgIpc) is 3.14. The number of rotatable bonds is 12. The number of carbonyl (C=O) groups is 1. The molecule has 2 aromatic rings. The summed E-state index contributed by atoms with van der Waals surface area (Å²) in [6, 6.07) is 8.75. The van der Waals surface area contributed by atoms with Crippen LogP contribution in [0.1, 0.15) is 39.0 Å². The lowest BCUT2D eigenvalue weighted by molar-refractivity contribution is -0.144. The first-order valence-electron chi connectivity index (χ1n) is 11.9. The van der Waals surface area contributed by atoms with E-state index in [1.54, 1.807) is 6.20 Å². The van der Waals surface area contributed by atoms with Crippen molar-refractivity contribution in [1.82, 2.24) is 14.5 Å². The Morgan fingerprint density at radius 3 is 2.48 bits per heavy atom. The van der Waals surface area contributed by atoms with Crippen LogP contribution in [0.2, 0.25) is 0 Å².